The summed E-state index contributed by atoms with van der Waals surface area (Å²) in [6.07, 6.45) is 3.94. The van der Waals surface area contributed by atoms with Gasteiger partial charge in [0.2, 0.25) is 0 Å². The molecule has 0 radical (unpaired) electrons. The van der Waals surface area contributed by atoms with Crippen molar-refractivity contribution in [3.63, 3.8) is 0 Å². The van der Waals surface area contributed by atoms with Gasteiger partial charge in [0.25, 0.3) is 0 Å². The lowest BCUT2D eigenvalue weighted by molar-refractivity contribution is 0.143. The molecular formula is C9H18N2O2. The third-order valence-corrected chi connectivity index (χ3v) is 2.40. The fourth-order valence-electron chi connectivity index (χ4n) is 1.66. The van der Waals surface area contributed by atoms with E-state index in [2.05, 4.69) is 5.32 Å². The molecule has 0 aromatic carbocycles. The molecule has 0 bridgehead atoms. The van der Waals surface area contributed by atoms with Crippen molar-refractivity contribution in [3.8, 4) is 0 Å². The van der Waals surface area contributed by atoms with Gasteiger partial charge in [0.05, 0.1) is 6.61 Å². The molecule has 0 spiro atoms. The second-order valence-corrected chi connectivity index (χ2v) is 3.42. The molecule has 1 saturated carbocycles. The minimum atomic E-state index is -0.343. The Bertz CT molecular complexity index is 173. The van der Waals surface area contributed by atoms with Crippen LogP contribution in [0.1, 0.15) is 32.6 Å². The molecule has 1 rings (SSSR count). The van der Waals surface area contributed by atoms with E-state index in [1.54, 1.807) is 6.92 Å². The Hall–Kier alpha value is -0.770. The molecule has 4 heteroatoms. The molecule has 4 nitrogen and oxygen atoms in total. The largest absolute Gasteiger partial charge is 0.450 e. The van der Waals surface area contributed by atoms with E-state index in [0.717, 1.165) is 19.3 Å². The molecule has 0 aromatic rings. The normalized spacial score (nSPS) is 28.2. The molecule has 1 fully saturated rings. The van der Waals surface area contributed by atoms with Crippen LogP contribution >= 0.6 is 0 Å². The molecule has 1 aliphatic carbocycles. The first kappa shape index (κ1) is 10.3. The van der Waals surface area contributed by atoms with Gasteiger partial charge in [0.1, 0.15) is 0 Å². The number of nitrogens with one attached hydrogen (secondary N) is 1. The number of ether oxygens (including phenoxy) is 1. The second kappa shape index (κ2) is 5.07. The molecule has 0 saturated heterocycles. The minimum absolute atomic E-state index is 0.0955. The van der Waals surface area contributed by atoms with Gasteiger partial charge in [-0.25, -0.2) is 4.79 Å². The van der Waals surface area contributed by atoms with E-state index >= 15 is 0 Å². The summed E-state index contributed by atoms with van der Waals surface area (Å²) in [4.78, 5) is 11.1. The maximum absolute atomic E-state index is 11.1. The number of carbonyl (C=O) groups is 1. The highest BCUT2D eigenvalue weighted by Crippen LogP contribution is 2.16. The SMILES string of the molecule is CCOC(=O)N[C@H]1CCCC[C@H]1N. The lowest BCUT2D eigenvalue weighted by Crippen LogP contribution is -2.49. The fourth-order valence-corrected chi connectivity index (χ4v) is 1.66. The third-order valence-electron chi connectivity index (χ3n) is 2.40. The molecule has 76 valence electrons. The second-order valence-electron chi connectivity index (χ2n) is 3.42. The summed E-state index contributed by atoms with van der Waals surface area (Å²) < 4.78 is 4.79. The number of carbonyl (C=O) groups excluding carboxylic acids is 1. The summed E-state index contributed by atoms with van der Waals surface area (Å²) in [6.45, 7) is 2.20. The van der Waals surface area contributed by atoms with E-state index in [0.29, 0.717) is 6.61 Å². The topological polar surface area (TPSA) is 64.3 Å². The summed E-state index contributed by atoms with van der Waals surface area (Å²) in [5.74, 6) is 0. The zero-order valence-electron chi connectivity index (χ0n) is 8.08. The maximum atomic E-state index is 11.1. The zero-order valence-corrected chi connectivity index (χ0v) is 8.08. The van der Waals surface area contributed by atoms with Gasteiger partial charge in [-0.1, -0.05) is 12.8 Å². The first-order chi connectivity index (χ1) is 6.24. The first-order valence-electron chi connectivity index (χ1n) is 4.93. The van der Waals surface area contributed by atoms with Crippen LogP contribution in [-0.4, -0.2) is 24.8 Å². The van der Waals surface area contributed by atoms with Crippen molar-refractivity contribution in [2.45, 2.75) is 44.7 Å². The number of amides is 1. The zero-order chi connectivity index (χ0) is 9.68. The van der Waals surface area contributed by atoms with Crippen LogP contribution in [0.2, 0.25) is 0 Å². The van der Waals surface area contributed by atoms with Gasteiger partial charge in [0, 0.05) is 12.1 Å². The Kier molecular flexibility index (Phi) is 4.02. The van der Waals surface area contributed by atoms with Crippen LogP contribution in [0.15, 0.2) is 0 Å². The van der Waals surface area contributed by atoms with E-state index in [4.69, 9.17) is 10.5 Å². The molecule has 0 unspecified atom stereocenters. The molecule has 1 aliphatic rings. The molecular weight excluding hydrogens is 168 g/mol. The van der Waals surface area contributed by atoms with Crippen LogP contribution in [0.5, 0.6) is 0 Å². The Balaban J connectivity index is 2.29. The van der Waals surface area contributed by atoms with E-state index in [1.165, 1.54) is 6.42 Å². The Labute approximate surface area is 78.8 Å². The molecule has 0 aliphatic heterocycles. The Morgan fingerprint density at radius 3 is 2.85 bits per heavy atom. The van der Waals surface area contributed by atoms with Crippen LogP contribution in [0, 0.1) is 0 Å². The first-order valence-corrected chi connectivity index (χ1v) is 4.93. The number of alkyl carbamates (subject to hydrolysis) is 1. The van der Waals surface area contributed by atoms with Crippen LogP contribution in [0.3, 0.4) is 0 Å². The maximum Gasteiger partial charge on any atom is 0.407 e. The molecule has 0 heterocycles. The van der Waals surface area contributed by atoms with E-state index in [9.17, 15) is 4.79 Å². The van der Waals surface area contributed by atoms with Gasteiger partial charge >= 0.3 is 6.09 Å². The van der Waals surface area contributed by atoms with Crippen molar-refractivity contribution in [3.05, 3.63) is 0 Å². The fraction of sp³-hybridized carbons (Fsp3) is 0.889. The Morgan fingerprint density at radius 2 is 2.23 bits per heavy atom. The lowest BCUT2D eigenvalue weighted by Gasteiger charge is -2.28. The van der Waals surface area contributed by atoms with Crippen molar-refractivity contribution in [2.24, 2.45) is 5.73 Å². The highest BCUT2D eigenvalue weighted by molar-refractivity contribution is 5.67. The summed E-state index contributed by atoms with van der Waals surface area (Å²) >= 11 is 0. The van der Waals surface area contributed by atoms with Crippen molar-refractivity contribution >= 4 is 6.09 Å². The third kappa shape index (κ3) is 3.22. The average Bonchev–Trinajstić information content (AvgIpc) is 2.09. The summed E-state index contributed by atoms with van der Waals surface area (Å²) in [5, 5.41) is 2.78. The van der Waals surface area contributed by atoms with Gasteiger partial charge in [-0.3, -0.25) is 0 Å². The molecule has 13 heavy (non-hydrogen) atoms. The quantitative estimate of drug-likeness (QED) is 0.676. The van der Waals surface area contributed by atoms with E-state index in [1.807, 2.05) is 0 Å². The van der Waals surface area contributed by atoms with Crippen molar-refractivity contribution < 1.29 is 9.53 Å². The van der Waals surface area contributed by atoms with Crippen LogP contribution < -0.4 is 11.1 Å². The van der Waals surface area contributed by atoms with Crippen LogP contribution in [-0.2, 0) is 4.74 Å². The minimum Gasteiger partial charge on any atom is -0.450 e. The molecule has 2 atom stereocenters. The van der Waals surface area contributed by atoms with E-state index < -0.39 is 0 Å². The van der Waals surface area contributed by atoms with Crippen LogP contribution in [0.25, 0.3) is 0 Å². The lowest BCUT2D eigenvalue weighted by atomic mass is 9.91. The molecule has 1 amide bonds. The van der Waals surface area contributed by atoms with Gasteiger partial charge in [-0.15, -0.1) is 0 Å². The number of nitrogens with two attached hydrogens (primary N) is 1. The van der Waals surface area contributed by atoms with Gasteiger partial charge < -0.3 is 15.8 Å². The summed E-state index contributed by atoms with van der Waals surface area (Å²) in [5.41, 5.74) is 5.85. The smallest absolute Gasteiger partial charge is 0.407 e. The summed E-state index contributed by atoms with van der Waals surface area (Å²) in [6, 6.07) is 0.200. The predicted octanol–water partition coefficient (Wildman–Crippen LogP) is 1.00. The van der Waals surface area contributed by atoms with Gasteiger partial charge in [-0.05, 0) is 19.8 Å². The highest BCUT2D eigenvalue weighted by Gasteiger charge is 2.23. The number of rotatable bonds is 2. The average molecular weight is 186 g/mol. The van der Waals surface area contributed by atoms with Crippen molar-refractivity contribution in [2.75, 3.05) is 6.61 Å². The highest BCUT2D eigenvalue weighted by atomic mass is 16.5. The monoisotopic (exact) mass is 186 g/mol. The Morgan fingerprint density at radius 1 is 1.54 bits per heavy atom. The molecule has 0 aromatic heterocycles. The summed E-state index contributed by atoms with van der Waals surface area (Å²) in [7, 11) is 0. The van der Waals surface area contributed by atoms with Gasteiger partial charge in [0.15, 0.2) is 0 Å². The predicted molar refractivity (Wildman–Crippen MR) is 50.4 cm³/mol. The number of hydrogen-bond acceptors (Lipinski definition) is 3. The van der Waals surface area contributed by atoms with Crippen LogP contribution in [0.4, 0.5) is 4.79 Å². The number of hydrogen-bond donors (Lipinski definition) is 2. The molecule has 3 N–H and O–H groups in total. The standard InChI is InChI=1S/C9H18N2O2/c1-2-13-9(12)11-8-6-4-3-5-7(8)10/h7-8H,2-6,10H2,1H3,(H,11,12)/t7-,8+/m1/s1. The van der Waals surface area contributed by atoms with Crippen molar-refractivity contribution in [1.82, 2.24) is 5.32 Å². The van der Waals surface area contributed by atoms with E-state index in [-0.39, 0.29) is 18.2 Å². The van der Waals surface area contributed by atoms with Crippen molar-refractivity contribution in [1.29, 1.82) is 0 Å². The van der Waals surface area contributed by atoms with Gasteiger partial charge in [-0.2, -0.15) is 0 Å².